The first-order valence-electron chi connectivity index (χ1n) is 4.20. The van der Waals surface area contributed by atoms with Gasteiger partial charge in [-0.3, -0.25) is 0 Å². The Morgan fingerprint density at radius 2 is 2.33 bits per heavy atom. The van der Waals surface area contributed by atoms with Crippen molar-refractivity contribution in [2.24, 2.45) is 0 Å². The summed E-state index contributed by atoms with van der Waals surface area (Å²) in [4.78, 5) is 0. The first-order valence-corrected chi connectivity index (χ1v) is 6.21. The van der Waals surface area contributed by atoms with Gasteiger partial charge in [-0.05, 0) is 45.7 Å². The normalized spacial score (nSPS) is 10.3. The molecule has 0 amide bonds. The zero-order valence-electron chi connectivity index (χ0n) is 7.58. The van der Waals surface area contributed by atoms with Gasteiger partial charge in [0.05, 0.1) is 17.3 Å². The topological polar surface area (TPSA) is 37.8 Å². The second-order valence-corrected chi connectivity index (χ2v) is 4.75. The van der Waals surface area contributed by atoms with Crippen molar-refractivity contribution in [1.29, 1.82) is 0 Å². The Bertz CT molecular complexity index is 447. The van der Waals surface area contributed by atoms with Gasteiger partial charge in [0, 0.05) is 15.5 Å². The van der Waals surface area contributed by atoms with Crippen LogP contribution in [0.1, 0.15) is 5.69 Å². The molecule has 0 aliphatic carbocycles. The zero-order valence-corrected chi connectivity index (χ0v) is 10.7. The standard InChI is InChI=1S/C9H7BrClN3S/c10-8-3-6(1-2-9(8)11)12-4-7-5-15-14-13-7/h1-3,5,12H,4H2. The van der Waals surface area contributed by atoms with E-state index in [9.17, 15) is 0 Å². The van der Waals surface area contributed by atoms with Crippen molar-refractivity contribution in [3.63, 3.8) is 0 Å². The molecule has 6 heteroatoms. The second-order valence-electron chi connectivity index (χ2n) is 2.88. The van der Waals surface area contributed by atoms with Gasteiger partial charge >= 0.3 is 0 Å². The Morgan fingerprint density at radius 1 is 1.47 bits per heavy atom. The molecule has 1 heterocycles. The van der Waals surface area contributed by atoms with Crippen LogP contribution in [0.5, 0.6) is 0 Å². The van der Waals surface area contributed by atoms with E-state index in [4.69, 9.17) is 11.6 Å². The maximum atomic E-state index is 5.89. The van der Waals surface area contributed by atoms with Crippen molar-refractivity contribution in [3.05, 3.63) is 38.8 Å². The lowest BCUT2D eigenvalue weighted by molar-refractivity contribution is 0.999. The molecule has 2 aromatic rings. The Morgan fingerprint density at radius 3 is 3.00 bits per heavy atom. The van der Waals surface area contributed by atoms with Crippen LogP contribution in [0.25, 0.3) is 0 Å². The number of hydrogen-bond donors (Lipinski definition) is 1. The molecule has 78 valence electrons. The van der Waals surface area contributed by atoms with Crippen LogP contribution in [0.2, 0.25) is 5.02 Å². The Labute approximate surface area is 105 Å². The van der Waals surface area contributed by atoms with Crippen molar-refractivity contribution in [2.75, 3.05) is 5.32 Å². The van der Waals surface area contributed by atoms with E-state index >= 15 is 0 Å². The van der Waals surface area contributed by atoms with Crippen molar-refractivity contribution in [1.82, 2.24) is 9.59 Å². The zero-order chi connectivity index (χ0) is 10.7. The predicted octanol–water partition coefficient (Wildman–Crippen LogP) is 3.57. The molecular weight excluding hydrogens is 298 g/mol. The highest BCUT2D eigenvalue weighted by Crippen LogP contribution is 2.25. The van der Waals surface area contributed by atoms with Crippen LogP contribution >= 0.6 is 39.1 Å². The average molecular weight is 305 g/mol. The summed E-state index contributed by atoms with van der Waals surface area (Å²) in [6.07, 6.45) is 0. The lowest BCUT2D eigenvalue weighted by Gasteiger charge is -2.05. The minimum Gasteiger partial charge on any atom is -0.379 e. The third-order valence-electron chi connectivity index (χ3n) is 1.80. The van der Waals surface area contributed by atoms with E-state index in [0.717, 1.165) is 15.9 Å². The fourth-order valence-electron chi connectivity index (χ4n) is 1.06. The molecule has 0 atom stereocenters. The molecule has 0 saturated heterocycles. The van der Waals surface area contributed by atoms with Gasteiger partial charge in [-0.1, -0.05) is 16.1 Å². The molecule has 2 rings (SSSR count). The summed E-state index contributed by atoms with van der Waals surface area (Å²) in [5, 5.41) is 9.79. The van der Waals surface area contributed by atoms with Crippen LogP contribution < -0.4 is 5.32 Å². The van der Waals surface area contributed by atoms with Gasteiger partial charge in [-0.15, -0.1) is 5.10 Å². The monoisotopic (exact) mass is 303 g/mol. The van der Waals surface area contributed by atoms with Crippen LogP contribution in [-0.2, 0) is 6.54 Å². The fourth-order valence-corrected chi connectivity index (χ4v) is 2.01. The summed E-state index contributed by atoms with van der Waals surface area (Å²) in [5.41, 5.74) is 1.94. The Kier molecular flexibility index (Phi) is 3.56. The van der Waals surface area contributed by atoms with E-state index < -0.39 is 0 Å². The first kappa shape index (κ1) is 10.9. The highest BCUT2D eigenvalue weighted by Gasteiger charge is 2.00. The number of nitrogens with one attached hydrogen (secondary N) is 1. The van der Waals surface area contributed by atoms with Gasteiger partial charge in [0.15, 0.2) is 0 Å². The molecule has 0 aliphatic rings. The van der Waals surface area contributed by atoms with Gasteiger partial charge in [0.25, 0.3) is 0 Å². The molecule has 1 N–H and O–H groups in total. The number of halogens is 2. The Balaban J connectivity index is 2.02. The summed E-state index contributed by atoms with van der Waals surface area (Å²) >= 11 is 10.6. The molecule has 0 bridgehead atoms. The van der Waals surface area contributed by atoms with Crippen molar-refractivity contribution >= 4 is 44.8 Å². The Hall–Kier alpha value is -0.650. The van der Waals surface area contributed by atoms with Gasteiger partial charge in [-0.2, -0.15) is 0 Å². The van der Waals surface area contributed by atoms with Crippen molar-refractivity contribution in [3.8, 4) is 0 Å². The van der Waals surface area contributed by atoms with Gasteiger partial charge in [0.2, 0.25) is 0 Å². The maximum absolute atomic E-state index is 5.89. The highest BCUT2D eigenvalue weighted by molar-refractivity contribution is 9.10. The van der Waals surface area contributed by atoms with Crippen molar-refractivity contribution < 1.29 is 0 Å². The minimum atomic E-state index is 0.671. The predicted molar refractivity (Wildman–Crippen MR) is 66.4 cm³/mol. The molecule has 0 unspecified atom stereocenters. The number of aromatic nitrogens is 2. The molecule has 0 fully saturated rings. The molecule has 0 aliphatic heterocycles. The van der Waals surface area contributed by atoms with Crippen LogP contribution in [0.3, 0.4) is 0 Å². The molecule has 0 radical (unpaired) electrons. The van der Waals surface area contributed by atoms with Crippen LogP contribution in [0, 0.1) is 0 Å². The summed E-state index contributed by atoms with van der Waals surface area (Å²) < 4.78 is 4.67. The first-order chi connectivity index (χ1) is 7.25. The lowest BCUT2D eigenvalue weighted by atomic mass is 10.3. The van der Waals surface area contributed by atoms with E-state index in [-0.39, 0.29) is 0 Å². The van der Waals surface area contributed by atoms with E-state index in [1.54, 1.807) is 0 Å². The summed E-state index contributed by atoms with van der Waals surface area (Å²) in [7, 11) is 0. The fraction of sp³-hybridized carbons (Fsp3) is 0.111. The molecule has 0 saturated carbocycles. The SMILES string of the molecule is Clc1ccc(NCc2csnn2)cc1Br. The number of rotatable bonds is 3. The van der Waals surface area contributed by atoms with Crippen LogP contribution in [0.15, 0.2) is 28.1 Å². The largest absolute Gasteiger partial charge is 0.379 e. The summed E-state index contributed by atoms with van der Waals surface area (Å²) in [6, 6.07) is 5.70. The molecule has 3 nitrogen and oxygen atoms in total. The summed E-state index contributed by atoms with van der Waals surface area (Å²) in [5.74, 6) is 0. The van der Waals surface area contributed by atoms with Crippen LogP contribution in [-0.4, -0.2) is 9.59 Å². The third kappa shape index (κ3) is 2.90. The lowest BCUT2D eigenvalue weighted by Crippen LogP contribution is -1.99. The van der Waals surface area contributed by atoms with Gasteiger partial charge in [-0.25, -0.2) is 0 Å². The molecular formula is C9H7BrClN3S. The third-order valence-corrected chi connectivity index (χ3v) is 3.57. The maximum Gasteiger partial charge on any atom is 0.0946 e. The number of anilines is 1. The molecule has 1 aromatic heterocycles. The molecule has 1 aromatic carbocycles. The van der Waals surface area contributed by atoms with Crippen molar-refractivity contribution in [2.45, 2.75) is 6.54 Å². The second kappa shape index (κ2) is 4.92. The molecule has 0 spiro atoms. The van der Waals surface area contributed by atoms with E-state index in [1.807, 2.05) is 23.6 Å². The minimum absolute atomic E-state index is 0.671. The van der Waals surface area contributed by atoms with Crippen LogP contribution in [0.4, 0.5) is 5.69 Å². The number of nitrogens with zero attached hydrogens (tertiary/aromatic N) is 2. The molecule has 15 heavy (non-hydrogen) atoms. The summed E-state index contributed by atoms with van der Waals surface area (Å²) in [6.45, 7) is 0.671. The van der Waals surface area contributed by atoms with E-state index in [0.29, 0.717) is 11.6 Å². The van der Waals surface area contributed by atoms with E-state index in [2.05, 4.69) is 30.8 Å². The van der Waals surface area contributed by atoms with Gasteiger partial charge < -0.3 is 5.32 Å². The highest BCUT2D eigenvalue weighted by atomic mass is 79.9. The van der Waals surface area contributed by atoms with Gasteiger partial charge in [0.1, 0.15) is 0 Å². The quantitative estimate of drug-likeness (QED) is 0.942. The van der Waals surface area contributed by atoms with E-state index in [1.165, 1.54) is 11.5 Å². The smallest absolute Gasteiger partial charge is 0.0946 e. The average Bonchev–Trinajstić information content (AvgIpc) is 2.73. The number of benzene rings is 1. The number of hydrogen-bond acceptors (Lipinski definition) is 4.